The van der Waals surface area contributed by atoms with Crippen LogP contribution in [0.25, 0.3) is 0 Å². The first-order valence-corrected chi connectivity index (χ1v) is 9.81. The summed E-state index contributed by atoms with van der Waals surface area (Å²) in [6.07, 6.45) is 5.83. The number of hydrogen-bond acceptors (Lipinski definition) is 3. The minimum absolute atomic E-state index is 0.198. The second-order valence-corrected chi connectivity index (χ2v) is 11.8. The molecule has 3 nitrogen and oxygen atoms in total. The molecule has 2 N–H and O–H groups in total. The van der Waals surface area contributed by atoms with Gasteiger partial charge in [0.1, 0.15) is 0 Å². The van der Waals surface area contributed by atoms with Gasteiger partial charge < -0.3 is 14.9 Å². The molecule has 0 aromatic carbocycles. The van der Waals surface area contributed by atoms with Crippen molar-refractivity contribution in [2.24, 2.45) is 22.7 Å². The zero-order valence-corrected chi connectivity index (χ0v) is 16.6. The Balaban J connectivity index is 1.73. The van der Waals surface area contributed by atoms with Gasteiger partial charge >= 0.3 is 0 Å². The van der Waals surface area contributed by atoms with E-state index in [2.05, 4.69) is 41.5 Å². The molecule has 4 rings (SSSR count). The largest absolute Gasteiger partial charge is 0.390 e. The van der Waals surface area contributed by atoms with Crippen molar-refractivity contribution in [1.29, 1.82) is 0 Å². The lowest BCUT2D eigenvalue weighted by Gasteiger charge is -2.63. The van der Waals surface area contributed by atoms with Crippen molar-refractivity contribution >= 4 is 0 Å². The quantitative estimate of drug-likeness (QED) is 0.803. The third-order valence-corrected chi connectivity index (χ3v) is 6.63. The van der Waals surface area contributed by atoms with Crippen LogP contribution < -0.4 is 0 Å². The number of hydrogen-bond donors (Lipinski definition) is 2. The maximum atomic E-state index is 10.9. The van der Waals surface area contributed by atoms with Crippen LogP contribution in [0.15, 0.2) is 0 Å². The second kappa shape index (κ2) is 5.44. The predicted molar refractivity (Wildman–Crippen MR) is 96.8 cm³/mol. The standard InChI is InChI=1S/C21H38O3/c1-17(2,3)10-16(18(4,5)6)11-24-21-9-15-7-19(22,13-21)12-20(23,8-15)14-21/h15-16,22-23H,7-14H2,1-6H3. The van der Waals surface area contributed by atoms with Crippen molar-refractivity contribution in [3.63, 3.8) is 0 Å². The van der Waals surface area contributed by atoms with Crippen LogP contribution in [0, 0.1) is 22.7 Å². The smallest absolute Gasteiger partial charge is 0.0740 e. The molecule has 4 fully saturated rings. The Morgan fingerprint density at radius 2 is 1.46 bits per heavy atom. The molecule has 0 radical (unpaired) electrons. The van der Waals surface area contributed by atoms with Crippen LogP contribution >= 0.6 is 0 Å². The number of ether oxygens (including phenoxy) is 1. The summed E-state index contributed by atoms with van der Waals surface area (Å²) in [4.78, 5) is 0. The number of rotatable bonds is 4. The maximum Gasteiger partial charge on any atom is 0.0740 e. The van der Waals surface area contributed by atoms with E-state index in [1.54, 1.807) is 0 Å². The highest BCUT2D eigenvalue weighted by Gasteiger charge is 2.63. The topological polar surface area (TPSA) is 49.7 Å². The Hall–Kier alpha value is -0.120. The summed E-state index contributed by atoms with van der Waals surface area (Å²) in [5.41, 5.74) is -1.22. The van der Waals surface area contributed by atoms with E-state index in [0.717, 1.165) is 32.3 Å². The fourth-order valence-corrected chi connectivity index (χ4v) is 6.04. The molecule has 0 amide bonds. The monoisotopic (exact) mass is 338 g/mol. The van der Waals surface area contributed by atoms with Gasteiger partial charge in [0.25, 0.3) is 0 Å². The first-order valence-electron chi connectivity index (χ1n) is 9.81. The van der Waals surface area contributed by atoms with E-state index in [4.69, 9.17) is 4.74 Å². The normalized spacial score (nSPS) is 43.2. The average Bonchev–Trinajstić information content (AvgIpc) is 2.26. The van der Waals surface area contributed by atoms with Gasteiger partial charge in [-0.2, -0.15) is 0 Å². The van der Waals surface area contributed by atoms with Gasteiger partial charge in [-0.15, -0.1) is 0 Å². The summed E-state index contributed by atoms with van der Waals surface area (Å²) in [5, 5.41) is 21.8. The molecule has 0 aromatic rings. The van der Waals surface area contributed by atoms with Gasteiger partial charge in [0, 0.05) is 19.3 Å². The highest BCUT2D eigenvalue weighted by molar-refractivity contribution is 5.15. The zero-order chi connectivity index (χ0) is 18.0. The van der Waals surface area contributed by atoms with Crippen molar-refractivity contribution in [3.8, 4) is 0 Å². The van der Waals surface area contributed by atoms with E-state index in [0.29, 0.717) is 31.1 Å². The van der Waals surface area contributed by atoms with Crippen molar-refractivity contribution in [2.45, 2.75) is 103 Å². The molecule has 4 aliphatic rings. The van der Waals surface area contributed by atoms with Gasteiger partial charge in [-0.25, -0.2) is 0 Å². The Morgan fingerprint density at radius 1 is 0.917 bits per heavy atom. The summed E-state index contributed by atoms with van der Waals surface area (Å²) in [5.74, 6) is 0.904. The molecule has 3 unspecified atom stereocenters. The molecule has 3 heteroatoms. The first kappa shape index (κ1) is 18.7. The number of aliphatic hydroxyl groups is 2. The van der Waals surface area contributed by atoms with Gasteiger partial charge in [-0.1, -0.05) is 41.5 Å². The minimum atomic E-state index is -0.699. The Bertz CT molecular complexity index is 466. The van der Waals surface area contributed by atoms with Crippen LogP contribution in [0.3, 0.4) is 0 Å². The molecular formula is C21H38O3. The third kappa shape index (κ3) is 3.83. The minimum Gasteiger partial charge on any atom is -0.390 e. The molecule has 3 atom stereocenters. The van der Waals surface area contributed by atoms with Gasteiger partial charge in [-0.05, 0) is 48.3 Å². The van der Waals surface area contributed by atoms with Gasteiger partial charge in [0.2, 0.25) is 0 Å². The first-order chi connectivity index (χ1) is 10.7. The van der Waals surface area contributed by atoms with Crippen LogP contribution in [0.4, 0.5) is 0 Å². The molecule has 0 saturated heterocycles. The van der Waals surface area contributed by atoms with E-state index in [1.807, 2.05) is 0 Å². The fraction of sp³-hybridized carbons (Fsp3) is 1.00. The summed E-state index contributed by atoms with van der Waals surface area (Å²) in [7, 11) is 0. The Morgan fingerprint density at radius 3 is 1.88 bits per heavy atom. The van der Waals surface area contributed by atoms with Crippen molar-refractivity contribution in [1.82, 2.24) is 0 Å². The van der Waals surface area contributed by atoms with E-state index in [9.17, 15) is 10.2 Å². The third-order valence-electron chi connectivity index (χ3n) is 6.63. The van der Waals surface area contributed by atoms with Crippen molar-refractivity contribution in [3.05, 3.63) is 0 Å². The SMILES string of the molecule is CC(C)(C)CC(COC12CC3CC(O)(CC(O)(C3)C1)C2)C(C)(C)C. The van der Waals surface area contributed by atoms with Gasteiger partial charge in [-0.3, -0.25) is 0 Å². The van der Waals surface area contributed by atoms with E-state index < -0.39 is 11.2 Å². The molecule has 4 saturated carbocycles. The highest BCUT2D eigenvalue weighted by atomic mass is 16.5. The van der Waals surface area contributed by atoms with Crippen molar-refractivity contribution in [2.75, 3.05) is 6.61 Å². The van der Waals surface area contributed by atoms with Crippen LogP contribution in [-0.2, 0) is 4.74 Å². The van der Waals surface area contributed by atoms with Crippen LogP contribution in [0.2, 0.25) is 0 Å². The average molecular weight is 339 g/mol. The lowest BCUT2D eigenvalue weighted by molar-refractivity contribution is -0.271. The summed E-state index contributed by atoms with van der Waals surface area (Å²) < 4.78 is 6.59. The molecule has 4 bridgehead atoms. The predicted octanol–water partition coefficient (Wildman–Crippen LogP) is 4.30. The lowest BCUT2D eigenvalue weighted by Crippen LogP contribution is -2.66. The zero-order valence-electron chi connectivity index (χ0n) is 16.6. The molecule has 0 heterocycles. The van der Waals surface area contributed by atoms with E-state index in [1.165, 1.54) is 0 Å². The molecule has 0 aromatic heterocycles. The maximum absolute atomic E-state index is 10.9. The van der Waals surface area contributed by atoms with Gasteiger partial charge in [0.05, 0.1) is 23.4 Å². The lowest BCUT2D eigenvalue weighted by atomic mass is 9.50. The summed E-state index contributed by atoms with van der Waals surface area (Å²) in [6, 6.07) is 0. The molecule has 4 aliphatic carbocycles. The summed E-state index contributed by atoms with van der Waals surface area (Å²) in [6.45, 7) is 14.5. The van der Waals surface area contributed by atoms with Crippen molar-refractivity contribution < 1.29 is 14.9 Å². The second-order valence-electron chi connectivity index (χ2n) is 11.8. The molecular weight excluding hydrogens is 300 g/mol. The van der Waals surface area contributed by atoms with Gasteiger partial charge in [0.15, 0.2) is 0 Å². The molecule has 0 aliphatic heterocycles. The fourth-order valence-electron chi connectivity index (χ4n) is 6.04. The van der Waals surface area contributed by atoms with Crippen LogP contribution in [0.1, 0.15) is 86.5 Å². The summed E-state index contributed by atoms with van der Waals surface area (Å²) >= 11 is 0. The van der Waals surface area contributed by atoms with Crippen LogP contribution in [-0.4, -0.2) is 33.6 Å². The Labute approximate surface area is 148 Å². The van der Waals surface area contributed by atoms with Crippen LogP contribution in [0.5, 0.6) is 0 Å². The molecule has 24 heavy (non-hydrogen) atoms. The highest BCUT2D eigenvalue weighted by Crippen LogP contribution is 2.60. The van der Waals surface area contributed by atoms with E-state index in [-0.39, 0.29) is 16.4 Å². The molecule has 0 spiro atoms. The molecule has 140 valence electrons. The Kier molecular flexibility index (Phi) is 4.23. The van der Waals surface area contributed by atoms with E-state index >= 15 is 0 Å².